The first-order valence-electron chi connectivity index (χ1n) is 7.72. The fourth-order valence-electron chi connectivity index (χ4n) is 2.79. The van der Waals surface area contributed by atoms with Crippen LogP contribution in [0.1, 0.15) is 50.6 Å². The van der Waals surface area contributed by atoms with Crippen LogP contribution in [0.15, 0.2) is 21.8 Å². The SMILES string of the molecule is CN=C(NCCCCC1CCCC1)NCc1ccon1. The molecule has 2 rings (SSSR count). The van der Waals surface area contributed by atoms with Gasteiger partial charge in [0.15, 0.2) is 5.96 Å². The molecule has 0 aliphatic heterocycles. The molecule has 5 heteroatoms. The van der Waals surface area contributed by atoms with E-state index in [0.29, 0.717) is 6.54 Å². The predicted molar refractivity (Wildman–Crippen MR) is 80.5 cm³/mol. The smallest absolute Gasteiger partial charge is 0.191 e. The fraction of sp³-hybridized carbons (Fsp3) is 0.733. The van der Waals surface area contributed by atoms with E-state index < -0.39 is 0 Å². The van der Waals surface area contributed by atoms with E-state index in [2.05, 4.69) is 20.8 Å². The first kappa shape index (κ1) is 14.9. The lowest BCUT2D eigenvalue weighted by Gasteiger charge is -2.12. The number of aromatic nitrogens is 1. The van der Waals surface area contributed by atoms with Crippen LogP contribution in [0.3, 0.4) is 0 Å². The van der Waals surface area contributed by atoms with E-state index in [4.69, 9.17) is 4.52 Å². The first-order valence-corrected chi connectivity index (χ1v) is 7.72. The number of guanidine groups is 1. The summed E-state index contributed by atoms with van der Waals surface area (Å²) in [5, 5.41) is 10.4. The Balaban J connectivity index is 1.52. The van der Waals surface area contributed by atoms with Crippen LogP contribution in [-0.2, 0) is 6.54 Å². The van der Waals surface area contributed by atoms with E-state index in [1.54, 1.807) is 13.3 Å². The quantitative estimate of drug-likeness (QED) is 0.457. The van der Waals surface area contributed by atoms with Crippen molar-refractivity contribution in [3.05, 3.63) is 18.0 Å². The van der Waals surface area contributed by atoms with Gasteiger partial charge in [-0.3, -0.25) is 4.99 Å². The summed E-state index contributed by atoms with van der Waals surface area (Å²) >= 11 is 0. The zero-order valence-electron chi connectivity index (χ0n) is 12.4. The number of nitrogens with zero attached hydrogens (tertiary/aromatic N) is 2. The lowest BCUT2D eigenvalue weighted by atomic mass is 10.0. The van der Waals surface area contributed by atoms with Gasteiger partial charge in [-0.05, 0) is 12.3 Å². The molecule has 5 nitrogen and oxygen atoms in total. The summed E-state index contributed by atoms with van der Waals surface area (Å²) in [4.78, 5) is 4.20. The van der Waals surface area contributed by atoms with Crippen LogP contribution >= 0.6 is 0 Å². The molecule has 0 bridgehead atoms. The Morgan fingerprint density at radius 3 is 2.90 bits per heavy atom. The van der Waals surface area contributed by atoms with Crippen LogP contribution in [0.25, 0.3) is 0 Å². The number of hydrogen-bond donors (Lipinski definition) is 2. The van der Waals surface area contributed by atoms with Crippen LogP contribution in [0.5, 0.6) is 0 Å². The summed E-state index contributed by atoms with van der Waals surface area (Å²) in [7, 11) is 1.79. The Morgan fingerprint density at radius 1 is 1.35 bits per heavy atom. The Labute approximate surface area is 121 Å². The number of rotatable bonds is 7. The van der Waals surface area contributed by atoms with Gasteiger partial charge in [-0.2, -0.15) is 0 Å². The van der Waals surface area contributed by atoms with Crippen molar-refractivity contribution >= 4 is 5.96 Å². The van der Waals surface area contributed by atoms with Crippen molar-refractivity contribution in [2.75, 3.05) is 13.6 Å². The van der Waals surface area contributed by atoms with Crippen molar-refractivity contribution in [1.29, 1.82) is 0 Å². The van der Waals surface area contributed by atoms with Gasteiger partial charge in [0.05, 0.1) is 6.54 Å². The Hall–Kier alpha value is -1.52. The third kappa shape index (κ3) is 5.23. The van der Waals surface area contributed by atoms with E-state index >= 15 is 0 Å². The van der Waals surface area contributed by atoms with Crippen LogP contribution in [0.2, 0.25) is 0 Å². The molecular formula is C15H26N4O. The summed E-state index contributed by atoms with van der Waals surface area (Å²) in [5.41, 5.74) is 0.884. The minimum atomic E-state index is 0.637. The minimum Gasteiger partial charge on any atom is -0.364 e. The zero-order chi connectivity index (χ0) is 14.0. The van der Waals surface area contributed by atoms with E-state index in [1.165, 1.54) is 44.9 Å². The molecule has 2 N–H and O–H groups in total. The molecule has 20 heavy (non-hydrogen) atoms. The molecule has 0 spiro atoms. The van der Waals surface area contributed by atoms with Crippen molar-refractivity contribution in [3.63, 3.8) is 0 Å². The Morgan fingerprint density at radius 2 is 2.20 bits per heavy atom. The highest BCUT2D eigenvalue weighted by atomic mass is 16.5. The van der Waals surface area contributed by atoms with E-state index in [0.717, 1.165) is 24.1 Å². The van der Waals surface area contributed by atoms with Crippen LogP contribution < -0.4 is 10.6 Å². The van der Waals surface area contributed by atoms with Gasteiger partial charge in [-0.1, -0.05) is 43.7 Å². The molecule has 0 aromatic carbocycles. The van der Waals surface area contributed by atoms with Gasteiger partial charge >= 0.3 is 0 Å². The third-order valence-electron chi connectivity index (χ3n) is 3.96. The largest absolute Gasteiger partial charge is 0.364 e. The summed E-state index contributed by atoms with van der Waals surface area (Å²) < 4.78 is 4.79. The minimum absolute atomic E-state index is 0.637. The first-order chi connectivity index (χ1) is 9.88. The molecule has 1 aromatic heterocycles. The topological polar surface area (TPSA) is 62.5 Å². The van der Waals surface area contributed by atoms with Crippen molar-refractivity contribution < 1.29 is 4.52 Å². The van der Waals surface area contributed by atoms with Gasteiger partial charge < -0.3 is 15.2 Å². The van der Waals surface area contributed by atoms with E-state index in [9.17, 15) is 0 Å². The summed E-state index contributed by atoms with van der Waals surface area (Å²) in [6.45, 7) is 1.61. The number of aliphatic imine (C=N–C) groups is 1. The third-order valence-corrected chi connectivity index (χ3v) is 3.96. The Kier molecular flexibility index (Phi) is 6.41. The average Bonchev–Trinajstić information content (AvgIpc) is 3.14. The number of hydrogen-bond acceptors (Lipinski definition) is 3. The highest BCUT2D eigenvalue weighted by Crippen LogP contribution is 2.28. The maximum atomic E-state index is 4.79. The van der Waals surface area contributed by atoms with Gasteiger partial charge in [0, 0.05) is 19.7 Å². The molecule has 1 aromatic rings. The molecule has 0 saturated heterocycles. The normalized spacial score (nSPS) is 16.6. The summed E-state index contributed by atoms with van der Waals surface area (Å²) in [6.07, 6.45) is 11.3. The van der Waals surface area contributed by atoms with Crippen LogP contribution in [0.4, 0.5) is 0 Å². The maximum absolute atomic E-state index is 4.79. The van der Waals surface area contributed by atoms with Gasteiger partial charge in [-0.15, -0.1) is 0 Å². The van der Waals surface area contributed by atoms with Gasteiger partial charge in [-0.25, -0.2) is 0 Å². The molecule has 1 aliphatic rings. The lowest BCUT2D eigenvalue weighted by Crippen LogP contribution is -2.37. The van der Waals surface area contributed by atoms with E-state index in [1.807, 2.05) is 6.07 Å². The molecule has 1 heterocycles. The van der Waals surface area contributed by atoms with Crippen molar-refractivity contribution in [3.8, 4) is 0 Å². The number of unbranched alkanes of at least 4 members (excludes halogenated alkanes) is 1. The fourth-order valence-corrected chi connectivity index (χ4v) is 2.79. The highest BCUT2D eigenvalue weighted by Gasteiger charge is 2.13. The summed E-state index contributed by atoms with van der Waals surface area (Å²) in [6, 6.07) is 1.85. The lowest BCUT2D eigenvalue weighted by molar-refractivity contribution is 0.410. The van der Waals surface area contributed by atoms with Crippen molar-refractivity contribution in [2.24, 2.45) is 10.9 Å². The molecular weight excluding hydrogens is 252 g/mol. The zero-order valence-corrected chi connectivity index (χ0v) is 12.4. The molecule has 1 saturated carbocycles. The molecule has 0 amide bonds. The van der Waals surface area contributed by atoms with Crippen molar-refractivity contribution in [2.45, 2.75) is 51.5 Å². The van der Waals surface area contributed by atoms with Crippen LogP contribution in [-0.4, -0.2) is 24.7 Å². The molecule has 0 atom stereocenters. The van der Waals surface area contributed by atoms with Crippen LogP contribution in [0, 0.1) is 5.92 Å². The second-order valence-corrected chi connectivity index (χ2v) is 5.49. The second-order valence-electron chi connectivity index (χ2n) is 5.49. The van der Waals surface area contributed by atoms with Gasteiger partial charge in [0.2, 0.25) is 0 Å². The van der Waals surface area contributed by atoms with E-state index in [-0.39, 0.29) is 0 Å². The maximum Gasteiger partial charge on any atom is 0.191 e. The van der Waals surface area contributed by atoms with Crippen molar-refractivity contribution in [1.82, 2.24) is 15.8 Å². The summed E-state index contributed by atoms with van der Waals surface area (Å²) in [5.74, 6) is 1.83. The molecule has 1 aliphatic carbocycles. The standard InChI is InChI=1S/C15H26N4O/c1-16-15(18-12-14-9-11-20-19-14)17-10-5-4-8-13-6-2-3-7-13/h9,11,13H,2-8,10,12H2,1H3,(H2,16,17,18). The number of nitrogens with one attached hydrogen (secondary N) is 2. The van der Waals surface area contributed by atoms with Gasteiger partial charge in [0.25, 0.3) is 0 Å². The molecule has 112 valence electrons. The predicted octanol–water partition coefficient (Wildman–Crippen LogP) is 2.70. The second kappa shape index (κ2) is 8.61. The monoisotopic (exact) mass is 278 g/mol. The average molecular weight is 278 g/mol. The molecule has 0 radical (unpaired) electrons. The highest BCUT2D eigenvalue weighted by molar-refractivity contribution is 5.79. The van der Waals surface area contributed by atoms with Gasteiger partial charge in [0.1, 0.15) is 12.0 Å². The Bertz CT molecular complexity index is 383. The molecule has 1 fully saturated rings. The molecule has 0 unspecified atom stereocenters.